The van der Waals surface area contributed by atoms with Crippen molar-refractivity contribution in [1.82, 2.24) is 4.98 Å². The van der Waals surface area contributed by atoms with Gasteiger partial charge in [0.2, 0.25) is 0 Å². The van der Waals surface area contributed by atoms with Crippen LogP contribution in [0.1, 0.15) is 0 Å². The minimum Gasteiger partial charge on any atom is -0.508 e. The third kappa shape index (κ3) is 2.15. The van der Waals surface area contributed by atoms with Crippen LogP contribution in [0, 0.1) is 0 Å². The van der Waals surface area contributed by atoms with Crippen molar-refractivity contribution >= 4 is 28.0 Å². The number of aromatic nitrogens is 1. The number of aromatic hydroxyl groups is 1. The molecule has 0 saturated carbocycles. The quantitative estimate of drug-likeness (QED) is 0.611. The monoisotopic (exact) mass is 251 g/mol. The summed E-state index contributed by atoms with van der Waals surface area (Å²) in [5.41, 5.74) is 7.45. The van der Waals surface area contributed by atoms with Crippen molar-refractivity contribution in [1.29, 1.82) is 0 Å². The summed E-state index contributed by atoms with van der Waals surface area (Å²) in [6.45, 7) is 0. The van der Waals surface area contributed by atoms with Crippen LogP contribution in [0.3, 0.4) is 0 Å². The molecule has 0 saturated heterocycles. The van der Waals surface area contributed by atoms with Gasteiger partial charge in [-0.3, -0.25) is 0 Å². The normalized spacial score (nSPS) is 10.5. The maximum absolute atomic E-state index is 9.47. The minimum absolute atomic E-state index is 0.207. The van der Waals surface area contributed by atoms with E-state index < -0.39 is 0 Å². The Bertz CT molecular complexity index is 735. The average Bonchev–Trinajstić information content (AvgIpc) is 2.39. The van der Waals surface area contributed by atoms with E-state index in [2.05, 4.69) is 10.3 Å². The first-order valence-electron chi connectivity index (χ1n) is 5.93. The molecule has 0 aliphatic heterocycles. The molecule has 0 bridgehead atoms. The zero-order valence-corrected chi connectivity index (χ0v) is 10.2. The van der Waals surface area contributed by atoms with Crippen LogP contribution < -0.4 is 11.1 Å². The van der Waals surface area contributed by atoms with Crippen molar-refractivity contribution in [2.45, 2.75) is 0 Å². The summed E-state index contributed by atoms with van der Waals surface area (Å²) in [5.74, 6) is 0.888. The molecule has 4 N–H and O–H groups in total. The van der Waals surface area contributed by atoms with E-state index in [1.165, 1.54) is 0 Å². The van der Waals surface area contributed by atoms with E-state index >= 15 is 0 Å². The van der Waals surface area contributed by atoms with Crippen LogP contribution >= 0.6 is 0 Å². The van der Waals surface area contributed by atoms with Crippen LogP contribution in [0.5, 0.6) is 5.75 Å². The van der Waals surface area contributed by atoms with E-state index in [0.29, 0.717) is 11.5 Å². The molecule has 0 aliphatic rings. The molecule has 1 heterocycles. The molecule has 19 heavy (non-hydrogen) atoms. The molecular formula is C15H13N3O. The van der Waals surface area contributed by atoms with Crippen molar-refractivity contribution in [3.63, 3.8) is 0 Å². The molecule has 4 nitrogen and oxygen atoms in total. The van der Waals surface area contributed by atoms with E-state index in [-0.39, 0.29) is 5.75 Å². The second kappa shape index (κ2) is 4.49. The maximum atomic E-state index is 9.47. The first kappa shape index (κ1) is 11.3. The number of nitrogen functional groups attached to an aromatic ring is 1. The van der Waals surface area contributed by atoms with Gasteiger partial charge in [-0.2, -0.15) is 0 Å². The lowest BCUT2D eigenvalue weighted by Gasteiger charge is -2.10. The van der Waals surface area contributed by atoms with Gasteiger partial charge in [-0.15, -0.1) is 0 Å². The fraction of sp³-hybridized carbons (Fsp3) is 0. The van der Waals surface area contributed by atoms with Gasteiger partial charge in [-0.1, -0.05) is 18.2 Å². The molecule has 94 valence electrons. The zero-order valence-electron chi connectivity index (χ0n) is 10.2. The Morgan fingerprint density at radius 3 is 2.74 bits per heavy atom. The number of hydrogen-bond acceptors (Lipinski definition) is 4. The Kier molecular flexibility index (Phi) is 2.68. The molecule has 3 aromatic rings. The van der Waals surface area contributed by atoms with Gasteiger partial charge in [0.1, 0.15) is 11.6 Å². The van der Waals surface area contributed by atoms with Gasteiger partial charge in [0.25, 0.3) is 0 Å². The highest BCUT2D eigenvalue weighted by molar-refractivity contribution is 6.01. The summed E-state index contributed by atoms with van der Waals surface area (Å²) >= 11 is 0. The highest BCUT2D eigenvalue weighted by atomic mass is 16.3. The number of hydrogen-bond donors (Lipinski definition) is 3. The summed E-state index contributed by atoms with van der Waals surface area (Å²) in [7, 11) is 0. The molecular weight excluding hydrogens is 238 g/mol. The smallest absolute Gasteiger partial charge is 0.140 e. The zero-order chi connectivity index (χ0) is 13.2. The van der Waals surface area contributed by atoms with Crippen molar-refractivity contribution in [2.24, 2.45) is 0 Å². The van der Waals surface area contributed by atoms with Gasteiger partial charge >= 0.3 is 0 Å². The van der Waals surface area contributed by atoms with E-state index in [4.69, 9.17) is 5.73 Å². The average molecular weight is 251 g/mol. The third-order valence-electron chi connectivity index (χ3n) is 2.93. The van der Waals surface area contributed by atoms with E-state index in [1.54, 1.807) is 24.4 Å². The lowest BCUT2D eigenvalue weighted by molar-refractivity contribution is 0.475. The number of pyridine rings is 1. The largest absolute Gasteiger partial charge is 0.508 e. The summed E-state index contributed by atoms with van der Waals surface area (Å²) in [6.07, 6.45) is 1.73. The lowest BCUT2D eigenvalue weighted by atomic mass is 10.1. The van der Waals surface area contributed by atoms with Gasteiger partial charge in [-0.25, -0.2) is 4.98 Å². The number of fused-ring (bicyclic) bond motifs is 1. The van der Waals surface area contributed by atoms with Crippen molar-refractivity contribution < 1.29 is 5.11 Å². The second-order valence-electron chi connectivity index (χ2n) is 4.28. The van der Waals surface area contributed by atoms with Gasteiger partial charge in [0.15, 0.2) is 0 Å². The standard InChI is InChI=1S/C15H13N3O/c16-13-6-1-3-10-7-8-17-15(14(10)13)18-11-4-2-5-12(19)9-11/h1-9,19H,16H2,(H,17,18). The molecule has 0 amide bonds. The Morgan fingerprint density at radius 1 is 1.05 bits per heavy atom. The second-order valence-corrected chi connectivity index (χ2v) is 4.28. The number of nitrogens with zero attached hydrogens (tertiary/aromatic N) is 1. The first-order chi connectivity index (χ1) is 9.24. The number of nitrogens with one attached hydrogen (secondary N) is 1. The Balaban J connectivity index is 2.11. The van der Waals surface area contributed by atoms with Crippen molar-refractivity contribution in [3.05, 3.63) is 54.7 Å². The molecule has 3 rings (SSSR count). The van der Waals surface area contributed by atoms with E-state index in [0.717, 1.165) is 16.5 Å². The molecule has 0 spiro atoms. The van der Waals surface area contributed by atoms with Gasteiger partial charge in [0, 0.05) is 29.0 Å². The van der Waals surface area contributed by atoms with Crippen LogP contribution in [0.15, 0.2) is 54.7 Å². The van der Waals surface area contributed by atoms with Crippen LogP contribution in [0.4, 0.5) is 17.2 Å². The number of phenolic OH excluding ortho intramolecular Hbond substituents is 1. The Labute approximate surface area is 110 Å². The van der Waals surface area contributed by atoms with Crippen LogP contribution in [-0.2, 0) is 0 Å². The molecule has 0 unspecified atom stereocenters. The molecule has 0 fully saturated rings. The highest BCUT2D eigenvalue weighted by Gasteiger charge is 2.06. The molecule has 1 aromatic heterocycles. The summed E-state index contributed by atoms with van der Waals surface area (Å²) in [6, 6.07) is 14.6. The van der Waals surface area contributed by atoms with Crippen molar-refractivity contribution in [3.8, 4) is 5.75 Å². The van der Waals surface area contributed by atoms with Gasteiger partial charge < -0.3 is 16.2 Å². The summed E-state index contributed by atoms with van der Waals surface area (Å²) in [5, 5.41) is 14.6. The molecule has 2 aromatic carbocycles. The Hall–Kier alpha value is -2.75. The lowest BCUT2D eigenvalue weighted by Crippen LogP contribution is -1.97. The highest BCUT2D eigenvalue weighted by Crippen LogP contribution is 2.29. The predicted octanol–water partition coefficient (Wildman–Crippen LogP) is 3.27. The molecule has 4 heteroatoms. The topological polar surface area (TPSA) is 71.2 Å². The van der Waals surface area contributed by atoms with E-state index in [9.17, 15) is 5.11 Å². The molecule has 0 atom stereocenters. The Morgan fingerprint density at radius 2 is 1.89 bits per heavy atom. The summed E-state index contributed by atoms with van der Waals surface area (Å²) < 4.78 is 0. The van der Waals surface area contributed by atoms with Crippen molar-refractivity contribution in [2.75, 3.05) is 11.1 Å². The van der Waals surface area contributed by atoms with Crippen LogP contribution in [0.25, 0.3) is 10.8 Å². The fourth-order valence-corrected chi connectivity index (χ4v) is 2.07. The number of anilines is 3. The number of benzene rings is 2. The molecule has 0 aliphatic carbocycles. The molecule has 0 radical (unpaired) electrons. The fourth-order valence-electron chi connectivity index (χ4n) is 2.07. The van der Waals surface area contributed by atoms with Gasteiger partial charge in [-0.05, 0) is 29.7 Å². The predicted molar refractivity (Wildman–Crippen MR) is 77.5 cm³/mol. The SMILES string of the molecule is Nc1cccc2ccnc(Nc3cccc(O)c3)c12. The van der Waals surface area contributed by atoms with Crippen LogP contribution in [0.2, 0.25) is 0 Å². The van der Waals surface area contributed by atoms with Gasteiger partial charge in [0.05, 0.1) is 0 Å². The first-order valence-corrected chi connectivity index (χ1v) is 5.93. The summed E-state index contributed by atoms with van der Waals surface area (Å²) in [4.78, 5) is 4.32. The number of rotatable bonds is 2. The third-order valence-corrected chi connectivity index (χ3v) is 2.93. The maximum Gasteiger partial charge on any atom is 0.140 e. The minimum atomic E-state index is 0.207. The number of nitrogens with two attached hydrogens (primary N) is 1. The van der Waals surface area contributed by atoms with Crippen LogP contribution in [-0.4, -0.2) is 10.1 Å². The number of phenols is 1. The van der Waals surface area contributed by atoms with E-state index in [1.807, 2.05) is 30.3 Å².